The Morgan fingerprint density at radius 3 is 2.67 bits per heavy atom. The molecule has 0 aliphatic rings. The third-order valence-electron chi connectivity index (χ3n) is 2.05. The van der Waals surface area contributed by atoms with Crippen LogP contribution in [0.15, 0.2) is 6.20 Å². The Labute approximate surface area is 88.5 Å². The van der Waals surface area contributed by atoms with Crippen LogP contribution < -0.4 is 5.73 Å². The van der Waals surface area contributed by atoms with Gasteiger partial charge in [-0.25, -0.2) is 0 Å². The van der Waals surface area contributed by atoms with Crippen molar-refractivity contribution in [1.29, 1.82) is 5.26 Å². The summed E-state index contributed by atoms with van der Waals surface area (Å²) in [6, 6.07) is 1.91. The zero-order valence-corrected chi connectivity index (χ0v) is 9.11. The number of ketones is 1. The molecule has 5 nitrogen and oxygen atoms in total. The topological polar surface area (TPSA) is 84.7 Å². The Bertz CT molecular complexity index is 420. The minimum absolute atomic E-state index is 0.0505. The second-order valence-electron chi connectivity index (χ2n) is 4.41. The highest BCUT2D eigenvalue weighted by Gasteiger charge is 2.22. The predicted molar refractivity (Wildman–Crippen MR) is 55.8 cm³/mol. The lowest BCUT2D eigenvalue weighted by Crippen LogP contribution is -2.25. The monoisotopic (exact) mass is 206 g/mol. The number of nitrogen functional groups attached to an aromatic ring is 1. The summed E-state index contributed by atoms with van der Waals surface area (Å²) >= 11 is 0. The van der Waals surface area contributed by atoms with Crippen LogP contribution in [0.5, 0.6) is 0 Å². The lowest BCUT2D eigenvalue weighted by atomic mass is 9.91. The Balaban J connectivity index is 2.84. The Kier molecular flexibility index (Phi) is 2.80. The maximum Gasteiger partial charge on any atom is 0.163 e. The summed E-state index contributed by atoms with van der Waals surface area (Å²) < 4.78 is 1.40. The van der Waals surface area contributed by atoms with Crippen molar-refractivity contribution in [2.45, 2.75) is 27.3 Å². The van der Waals surface area contributed by atoms with Gasteiger partial charge < -0.3 is 5.73 Å². The number of anilines is 1. The van der Waals surface area contributed by atoms with E-state index >= 15 is 0 Å². The van der Waals surface area contributed by atoms with Crippen molar-refractivity contribution in [3.63, 3.8) is 0 Å². The minimum Gasteiger partial charge on any atom is -0.381 e. The van der Waals surface area contributed by atoms with E-state index in [0.717, 1.165) is 0 Å². The summed E-state index contributed by atoms with van der Waals surface area (Å²) in [4.78, 5) is 11.7. The number of Topliss-reactive ketones (excluding diaryl/α,β-unsaturated/α-hetero) is 1. The molecule has 5 heteroatoms. The molecular formula is C10H14N4O. The third kappa shape index (κ3) is 2.56. The molecule has 1 heterocycles. The quantitative estimate of drug-likeness (QED) is 0.780. The highest BCUT2D eigenvalue weighted by Crippen LogP contribution is 2.16. The number of hydrogen-bond donors (Lipinski definition) is 1. The Morgan fingerprint density at radius 1 is 1.67 bits per heavy atom. The molecule has 0 atom stereocenters. The largest absolute Gasteiger partial charge is 0.381 e. The van der Waals surface area contributed by atoms with Crippen LogP contribution in [0, 0.1) is 16.7 Å². The van der Waals surface area contributed by atoms with Crippen molar-refractivity contribution in [1.82, 2.24) is 9.78 Å². The van der Waals surface area contributed by atoms with E-state index in [1.807, 2.05) is 26.8 Å². The molecule has 1 aromatic rings. The van der Waals surface area contributed by atoms with E-state index in [1.165, 1.54) is 10.9 Å². The molecule has 0 aliphatic heterocycles. The number of carbonyl (C=O) groups excluding carboxylic acids is 1. The second-order valence-corrected chi connectivity index (χ2v) is 4.41. The summed E-state index contributed by atoms with van der Waals surface area (Å²) in [5, 5.41) is 12.5. The molecule has 1 aromatic heterocycles. The first-order valence-electron chi connectivity index (χ1n) is 4.61. The number of rotatable bonds is 2. The first-order valence-corrected chi connectivity index (χ1v) is 4.61. The molecule has 0 bridgehead atoms. The molecule has 0 radical (unpaired) electrons. The highest BCUT2D eigenvalue weighted by atomic mass is 16.1. The second kappa shape index (κ2) is 3.73. The molecule has 2 N–H and O–H groups in total. The first-order chi connectivity index (χ1) is 6.84. The van der Waals surface area contributed by atoms with E-state index in [1.54, 1.807) is 0 Å². The van der Waals surface area contributed by atoms with Gasteiger partial charge in [-0.15, -0.1) is 0 Å². The van der Waals surface area contributed by atoms with E-state index < -0.39 is 5.41 Å². The number of nitrogens with two attached hydrogens (primary N) is 1. The number of aromatic nitrogens is 2. The van der Waals surface area contributed by atoms with Crippen LogP contribution in [0.25, 0.3) is 0 Å². The van der Waals surface area contributed by atoms with Crippen molar-refractivity contribution in [3.8, 4) is 6.07 Å². The van der Waals surface area contributed by atoms with Gasteiger partial charge in [-0.2, -0.15) is 10.4 Å². The maximum atomic E-state index is 11.7. The minimum atomic E-state index is -0.409. The summed E-state index contributed by atoms with van der Waals surface area (Å²) in [6.45, 7) is 5.67. The molecule has 0 amide bonds. The van der Waals surface area contributed by atoms with Crippen molar-refractivity contribution >= 4 is 11.6 Å². The SMILES string of the molecule is CC(C)(C)C(=O)Cn1cc(C#N)c(N)n1. The summed E-state index contributed by atoms with van der Waals surface area (Å²) in [7, 11) is 0. The molecule has 0 saturated heterocycles. The van der Waals surface area contributed by atoms with Crippen molar-refractivity contribution < 1.29 is 4.79 Å². The molecule has 0 aromatic carbocycles. The molecule has 0 aliphatic carbocycles. The van der Waals surface area contributed by atoms with Gasteiger partial charge in [0.25, 0.3) is 0 Å². The zero-order valence-electron chi connectivity index (χ0n) is 9.11. The molecule has 80 valence electrons. The van der Waals surface area contributed by atoms with Crippen LogP contribution in [0.2, 0.25) is 0 Å². The van der Waals surface area contributed by atoms with Crippen LogP contribution in [-0.4, -0.2) is 15.6 Å². The third-order valence-corrected chi connectivity index (χ3v) is 2.05. The van der Waals surface area contributed by atoms with Gasteiger partial charge in [-0.05, 0) is 0 Å². The van der Waals surface area contributed by atoms with Gasteiger partial charge in [0, 0.05) is 11.6 Å². The summed E-state index contributed by atoms with van der Waals surface area (Å²) in [5.74, 6) is 0.216. The van der Waals surface area contributed by atoms with Crippen LogP contribution in [0.1, 0.15) is 26.3 Å². The number of nitrogens with zero attached hydrogens (tertiary/aromatic N) is 3. The molecule has 0 spiro atoms. The predicted octanol–water partition coefficient (Wildman–Crippen LogP) is 0.952. The Hall–Kier alpha value is -1.83. The van der Waals surface area contributed by atoms with E-state index in [2.05, 4.69) is 5.10 Å². The fourth-order valence-electron chi connectivity index (χ4n) is 0.988. The fraction of sp³-hybridized carbons (Fsp3) is 0.500. The molecule has 0 fully saturated rings. The van der Waals surface area contributed by atoms with E-state index in [4.69, 9.17) is 11.0 Å². The van der Waals surface area contributed by atoms with Crippen LogP contribution in [0.3, 0.4) is 0 Å². The smallest absolute Gasteiger partial charge is 0.163 e. The lowest BCUT2D eigenvalue weighted by molar-refractivity contribution is -0.127. The van der Waals surface area contributed by atoms with Gasteiger partial charge in [0.1, 0.15) is 18.2 Å². The molecule has 15 heavy (non-hydrogen) atoms. The van der Waals surface area contributed by atoms with E-state index in [-0.39, 0.29) is 18.1 Å². The van der Waals surface area contributed by atoms with Crippen molar-refractivity contribution in [3.05, 3.63) is 11.8 Å². The van der Waals surface area contributed by atoms with Gasteiger partial charge >= 0.3 is 0 Å². The van der Waals surface area contributed by atoms with Crippen molar-refractivity contribution in [2.75, 3.05) is 5.73 Å². The standard InChI is InChI=1S/C10H14N4O/c1-10(2,3)8(15)6-14-5-7(4-11)9(12)13-14/h5H,6H2,1-3H3,(H2,12,13). The average Bonchev–Trinajstić information content (AvgIpc) is 2.44. The van der Waals surface area contributed by atoms with Gasteiger partial charge in [0.15, 0.2) is 11.6 Å². The van der Waals surface area contributed by atoms with Gasteiger partial charge in [-0.1, -0.05) is 20.8 Å². The Morgan fingerprint density at radius 2 is 2.27 bits per heavy atom. The summed E-state index contributed by atoms with van der Waals surface area (Å²) in [6.07, 6.45) is 1.49. The first kappa shape index (κ1) is 11.2. The molecule has 1 rings (SSSR count). The lowest BCUT2D eigenvalue weighted by Gasteiger charge is -2.15. The number of carbonyl (C=O) groups is 1. The average molecular weight is 206 g/mol. The van der Waals surface area contributed by atoms with E-state index in [9.17, 15) is 4.79 Å². The van der Waals surface area contributed by atoms with Gasteiger partial charge in [0.2, 0.25) is 0 Å². The molecular weight excluding hydrogens is 192 g/mol. The summed E-state index contributed by atoms with van der Waals surface area (Å²) in [5.41, 5.74) is 5.36. The zero-order chi connectivity index (χ0) is 11.6. The maximum absolute atomic E-state index is 11.7. The van der Waals surface area contributed by atoms with Crippen molar-refractivity contribution in [2.24, 2.45) is 5.41 Å². The number of hydrogen-bond acceptors (Lipinski definition) is 4. The highest BCUT2D eigenvalue weighted by molar-refractivity contribution is 5.83. The van der Waals surface area contributed by atoms with Crippen LogP contribution >= 0.6 is 0 Å². The van der Waals surface area contributed by atoms with Gasteiger partial charge in [0.05, 0.1) is 0 Å². The van der Waals surface area contributed by atoms with Crippen LogP contribution in [0.4, 0.5) is 5.82 Å². The van der Waals surface area contributed by atoms with Gasteiger partial charge in [-0.3, -0.25) is 9.48 Å². The fourth-order valence-corrected chi connectivity index (χ4v) is 0.988. The molecule has 0 unspecified atom stereocenters. The number of nitriles is 1. The van der Waals surface area contributed by atoms with Crippen LogP contribution in [-0.2, 0) is 11.3 Å². The molecule has 0 saturated carbocycles. The normalized spacial score (nSPS) is 11.1. The van der Waals surface area contributed by atoms with E-state index in [0.29, 0.717) is 5.56 Å².